The van der Waals surface area contributed by atoms with Gasteiger partial charge in [-0.1, -0.05) is 26.7 Å². The highest BCUT2D eigenvalue weighted by molar-refractivity contribution is 5.76. The van der Waals surface area contributed by atoms with Crippen molar-refractivity contribution in [2.75, 3.05) is 13.2 Å². The fraction of sp³-hybridized carbons (Fsp3) is 0.941. The molecule has 4 nitrogen and oxygen atoms in total. The lowest BCUT2D eigenvalue weighted by molar-refractivity contribution is -0.124. The highest BCUT2D eigenvalue weighted by Crippen LogP contribution is 2.31. The van der Waals surface area contributed by atoms with Crippen LogP contribution in [0.1, 0.15) is 71.6 Å². The molecule has 1 fully saturated rings. The van der Waals surface area contributed by atoms with E-state index in [1.54, 1.807) is 0 Å². The number of nitrogens with two attached hydrogens (primary N) is 1. The van der Waals surface area contributed by atoms with Crippen molar-refractivity contribution in [3.05, 3.63) is 0 Å². The maximum atomic E-state index is 12.2. The zero-order valence-electron chi connectivity index (χ0n) is 13.9. The smallest absolute Gasteiger partial charge is 0.220 e. The third-order valence-corrected chi connectivity index (χ3v) is 4.99. The fourth-order valence-corrected chi connectivity index (χ4v) is 3.41. The highest BCUT2D eigenvalue weighted by atomic mass is 16.3. The normalized spacial score (nSPS) is 27.3. The van der Waals surface area contributed by atoms with Gasteiger partial charge >= 0.3 is 0 Å². The third-order valence-electron chi connectivity index (χ3n) is 4.99. The van der Waals surface area contributed by atoms with Gasteiger partial charge in [0.15, 0.2) is 0 Å². The first-order chi connectivity index (χ1) is 10.0. The van der Waals surface area contributed by atoms with Gasteiger partial charge in [0.05, 0.1) is 12.1 Å². The van der Waals surface area contributed by atoms with Gasteiger partial charge in [0.2, 0.25) is 5.91 Å². The minimum absolute atomic E-state index is 0.0622. The van der Waals surface area contributed by atoms with Gasteiger partial charge in [0.25, 0.3) is 0 Å². The van der Waals surface area contributed by atoms with Crippen LogP contribution in [0.2, 0.25) is 0 Å². The van der Waals surface area contributed by atoms with E-state index in [-0.39, 0.29) is 18.1 Å². The van der Waals surface area contributed by atoms with E-state index < -0.39 is 0 Å². The molecule has 0 aromatic heterocycles. The summed E-state index contributed by atoms with van der Waals surface area (Å²) in [5, 5.41) is 12.8. The van der Waals surface area contributed by atoms with Gasteiger partial charge in [-0.3, -0.25) is 4.79 Å². The number of amides is 1. The van der Waals surface area contributed by atoms with Crippen LogP contribution in [0.5, 0.6) is 0 Å². The van der Waals surface area contributed by atoms with Crippen LogP contribution >= 0.6 is 0 Å². The van der Waals surface area contributed by atoms with Crippen molar-refractivity contribution in [2.24, 2.45) is 17.6 Å². The maximum absolute atomic E-state index is 12.2. The first-order valence-electron chi connectivity index (χ1n) is 8.67. The van der Waals surface area contributed by atoms with Crippen LogP contribution in [0.15, 0.2) is 0 Å². The summed E-state index contributed by atoms with van der Waals surface area (Å²) in [5.41, 5.74) is 5.27. The van der Waals surface area contributed by atoms with Crippen molar-refractivity contribution in [3.8, 4) is 0 Å². The molecule has 1 amide bonds. The van der Waals surface area contributed by atoms with E-state index in [0.29, 0.717) is 24.8 Å². The number of aliphatic hydroxyl groups excluding tert-OH is 1. The van der Waals surface area contributed by atoms with Gasteiger partial charge in [0, 0.05) is 6.42 Å². The van der Waals surface area contributed by atoms with E-state index in [2.05, 4.69) is 19.2 Å². The Labute approximate surface area is 129 Å². The molecule has 124 valence electrons. The van der Waals surface area contributed by atoms with E-state index in [0.717, 1.165) is 51.4 Å². The van der Waals surface area contributed by atoms with Crippen molar-refractivity contribution in [2.45, 2.75) is 77.2 Å². The molecule has 0 spiro atoms. The third kappa shape index (κ3) is 6.35. The zero-order chi connectivity index (χ0) is 15.7. The van der Waals surface area contributed by atoms with Gasteiger partial charge in [0.1, 0.15) is 0 Å². The monoisotopic (exact) mass is 298 g/mol. The summed E-state index contributed by atoms with van der Waals surface area (Å²) >= 11 is 0. The molecular formula is C17H34N2O2. The van der Waals surface area contributed by atoms with Gasteiger partial charge in [-0.25, -0.2) is 0 Å². The number of aliphatic hydroxyl groups is 1. The SMILES string of the molecule is CCCC(CCN)CCC(=O)NC1(CO)CCC(C)CC1. The number of carbonyl (C=O) groups excluding carboxylic acids is 1. The Morgan fingerprint density at radius 3 is 2.52 bits per heavy atom. The first-order valence-corrected chi connectivity index (χ1v) is 8.67. The van der Waals surface area contributed by atoms with E-state index in [9.17, 15) is 9.90 Å². The van der Waals surface area contributed by atoms with E-state index in [4.69, 9.17) is 5.73 Å². The maximum Gasteiger partial charge on any atom is 0.220 e. The van der Waals surface area contributed by atoms with Crippen LogP contribution < -0.4 is 11.1 Å². The summed E-state index contributed by atoms with van der Waals surface area (Å²) in [6, 6.07) is 0. The standard InChI is InChI=1S/C17H34N2O2/c1-3-4-15(9-12-18)5-6-16(21)19-17(13-20)10-7-14(2)8-11-17/h14-15,20H,3-13,18H2,1-2H3,(H,19,21). The average Bonchev–Trinajstić information content (AvgIpc) is 2.48. The molecule has 0 saturated heterocycles. The minimum atomic E-state index is -0.363. The first kappa shape index (κ1) is 18.4. The molecule has 1 aliphatic rings. The fourth-order valence-electron chi connectivity index (χ4n) is 3.41. The molecule has 0 aliphatic heterocycles. The Kier molecular flexibility index (Phi) is 8.27. The van der Waals surface area contributed by atoms with Crippen LogP contribution in [0.25, 0.3) is 0 Å². The van der Waals surface area contributed by atoms with E-state index in [1.165, 1.54) is 0 Å². The Hall–Kier alpha value is -0.610. The second-order valence-electron chi connectivity index (χ2n) is 6.94. The molecule has 1 saturated carbocycles. The summed E-state index contributed by atoms with van der Waals surface area (Å²) < 4.78 is 0. The molecule has 0 aromatic rings. The lowest BCUT2D eigenvalue weighted by atomic mass is 9.77. The molecule has 1 rings (SSSR count). The minimum Gasteiger partial charge on any atom is -0.394 e. The van der Waals surface area contributed by atoms with Crippen molar-refractivity contribution >= 4 is 5.91 Å². The second-order valence-corrected chi connectivity index (χ2v) is 6.94. The van der Waals surface area contributed by atoms with E-state index >= 15 is 0 Å². The van der Waals surface area contributed by atoms with Crippen LogP contribution in [-0.2, 0) is 4.79 Å². The lowest BCUT2D eigenvalue weighted by Crippen LogP contribution is -2.53. The highest BCUT2D eigenvalue weighted by Gasteiger charge is 2.34. The summed E-state index contributed by atoms with van der Waals surface area (Å²) in [4.78, 5) is 12.2. The van der Waals surface area contributed by atoms with Crippen LogP contribution in [-0.4, -0.2) is 29.7 Å². The molecule has 1 unspecified atom stereocenters. The molecule has 4 N–H and O–H groups in total. The topological polar surface area (TPSA) is 75.4 Å². The van der Waals surface area contributed by atoms with Gasteiger partial charge in [-0.15, -0.1) is 0 Å². The summed E-state index contributed by atoms with van der Waals surface area (Å²) in [6.07, 6.45) is 8.74. The molecule has 4 heteroatoms. The largest absolute Gasteiger partial charge is 0.394 e. The van der Waals surface area contributed by atoms with Gasteiger partial charge in [-0.2, -0.15) is 0 Å². The molecule has 0 aromatic carbocycles. The molecular weight excluding hydrogens is 264 g/mol. The van der Waals surface area contributed by atoms with Crippen molar-refractivity contribution in [1.29, 1.82) is 0 Å². The molecule has 0 radical (unpaired) electrons. The summed E-state index contributed by atoms with van der Waals surface area (Å²) in [7, 11) is 0. The Balaban J connectivity index is 2.40. The quantitative estimate of drug-likeness (QED) is 0.612. The van der Waals surface area contributed by atoms with Crippen LogP contribution in [0, 0.1) is 11.8 Å². The van der Waals surface area contributed by atoms with Crippen molar-refractivity contribution < 1.29 is 9.90 Å². The zero-order valence-corrected chi connectivity index (χ0v) is 13.9. The number of nitrogens with one attached hydrogen (secondary N) is 1. The Bertz CT molecular complexity index is 293. The lowest BCUT2D eigenvalue weighted by Gasteiger charge is -2.38. The number of rotatable bonds is 9. The van der Waals surface area contributed by atoms with Crippen LogP contribution in [0.3, 0.4) is 0 Å². The molecule has 1 atom stereocenters. The summed E-state index contributed by atoms with van der Waals surface area (Å²) in [6.45, 7) is 5.18. The van der Waals surface area contributed by atoms with Crippen molar-refractivity contribution in [3.63, 3.8) is 0 Å². The Morgan fingerprint density at radius 2 is 2.00 bits per heavy atom. The molecule has 1 aliphatic carbocycles. The van der Waals surface area contributed by atoms with Gasteiger partial charge in [-0.05, 0) is 56.9 Å². The molecule has 0 heterocycles. The molecule has 21 heavy (non-hydrogen) atoms. The predicted molar refractivity (Wildman–Crippen MR) is 86.9 cm³/mol. The average molecular weight is 298 g/mol. The molecule has 0 bridgehead atoms. The summed E-state index contributed by atoms with van der Waals surface area (Å²) in [5.74, 6) is 1.36. The second kappa shape index (κ2) is 9.42. The predicted octanol–water partition coefficient (Wildman–Crippen LogP) is 2.59. The number of carbonyl (C=O) groups is 1. The number of hydrogen-bond acceptors (Lipinski definition) is 3. The van der Waals surface area contributed by atoms with Crippen molar-refractivity contribution in [1.82, 2.24) is 5.32 Å². The van der Waals surface area contributed by atoms with Gasteiger partial charge < -0.3 is 16.2 Å². The Morgan fingerprint density at radius 1 is 1.33 bits per heavy atom. The number of hydrogen-bond donors (Lipinski definition) is 3. The van der Waals surface area contributed by atoms with Crippen LogP contribution in [0.4, 0.5) is 0 Å². The van der Waals surface area contributed by atoms with E-state index in [1.807, 2.05) is 0 Å².